The minimum Gasteiger partial charge on any atom is -0.286 e. The largest absolute Gasteiger partial charge is 0.286 e. The number of hydrogen-bond acceptors (Lipinski definition) is 5. The van der Waals surface area contributed by atoms with Gasteiger partial charge >= 0.3 is 0 Å². The Labute approximate surface area is 208 Å². The maximum atomic E-state index is 13.7. The molecule has 0 spiro atoms. The van der Waals surface area contributed by atoms with Gasteiger partial charge < -0.3 is 0 Å². The van der Waals surface area contributed by atoms with Crippen molar-refractivity contribution < 1.29 is 14.4 Å². The zero-order chi connectivity index (χ0) is 22.4. The molecule has 7 atom stereocenters. The lowest BCUT2D eigenvalue weighted by Crippen LogP contribution is -2.42. The van der Waals surface area contributed by atoms with Crippen molar-refractivity contribution in [1.29, 1.82) is 0 Å². The second-order valence-corrected chi connectivity index (χ2v) is 12.9. The lowest BCUT2D eigenvalue weighted by molar-refractivity contribution is -0.123. The molecule has 3 aliphatic heterocycles. The molecule has 7 rings (SSSR count). The Bertz CT molecular complexity index is 1240. The van der Waals surface area contributed by atoms with Crippen LogP contribution in [0.25, 0.3) is 0 Å². The molecule has 2 aliphatic carbocycles. The quantitative estimate of drug-likeness (QED) is 0.467. The lowest BCUT2D eigenvalue weighted by atomic mass is 9.68. The molecule has 2 saturated carbocycles. The number of anilines is 1. The summed E-state index contributed by atoms with van der Waals surface area (Å²) in [6.45, 7) is 0. The van der Waals surface area contributed by atoms with Crippen molar-refractivity contribution in [2.75, 3.05) is 4.90 Å². The van der Waals surface area contributed by atoms with Crippen molar-refractivity contribution in [3.63, 3.8) is 0 Å². The van der Waals surface area contributed by atoms with Gasteiger partial charge in [0.2, 0.25) is 11.8 Å². The van der Waals surface area contributed by atoms with Crippen molar-refractivity contribution >= 4 is 62.1 Å². The highest BCUT2D eigenvalue weighted by Crippen LogP contribution is 2.70. The molecule has 166 valence electrons. The predicted octanol–water partition coefficient (Wildman–Crippen LogP) is 5.59. The molecular formula is C26H20BrNO3S2. The van der Waals surface area contributed by atoms with E-state index in [1.807, 2.05) is 42.1 Å². The highest BCUT2D eigenvalue weighted by Gasteiger charge is 2.69. The number of rotatable bonds is 2. The number of benzene rings is 2. The molecule has 2 amide bonds. The monoisotopic (exact) mass is 537 g/mol. The van der Waals surface area contributed by atoms with Crippen LogP contribution in [0.15, 0.2) is 68.9 Å². The first-order valence-electron chi connectivity index (χ1n) is 11.3. The maximum absolute atomic E-state index is 13.7. The van der Waals surface area contributed by atoms with E-state index in [-0.39, 0.29) is 57.7 Å². The third kappa shape index (κ3) is 2.82. The van der Waals surface area contributed by atoms with E-state index in [0.717, 1.165) is 10.9 Å². The summed E-state index contributed by atoms with van der Waals surface area (Å²) in [7, 11) is 0. The van der Waals surface area contributed by atoms with Crippen LogP contribution in [0.4, 0.5) is 5.69 Å². The number of allylic oxidation sites excluding steroid dienone is 2. The molecule has 7 heteroatoms. The predicted molar refractivity (Wildman–Crippen MR) is 134 cm³/mol. The van der Waals surface area contributed by atoms with Crippen LogP contribution in [-0.2, 0) is 14.4 Å². The summed E-state index contributed by atoms with van der Waals surface area (Å²) in [5, 5.41) is 0.503. The highest BCUT2D eigenvalue weighted by molar-refractivity contribution is 9.10. The summed E-state index contributed by atoms with van der Waals surface area (Å²) in [5.41, 5.74) is 1.90. The van der Waals surface area contributed by atoms with Crippen LogP contribution in [0.5, 0.6) is 0 Å². The standard InChI is InChI=1S/C26H20BrNO3S2/c27-13-6-8-14(9-7-13)28-25(30)21-15-10-16(22(21)26(28)31)23-20(15)19(12-4-2-1-3-5-12)24-17(32-23)11-18(29)33-24/h1-9,15-16,19-23H,10-11H2/t15-,16-,19-,20-,21+,22-,23-/m1/s1. The van der Waals surface area contributed by atoms with E-state index in [1.165, 1.54) is 32.0 Å². The van der Waals surface area contributed by atoms with Crippen molar-refractivity contribution in [1.82, 2.24) is 0 Å². The van der Waals surface area contributed by atoms with Gasteiger partial charge in [-0.1, -0.05) is 58.0 Å². The van der Waals surface area contributed by atoms with E-state index in [1.54, 1.807) is 0 Å². The summed E-state index contributed by atoms with van der Waals surface area (Å²) in [5.74, 6) is 0.230. The van der Waals surface area contributed by atoms with E-state index >= 15 is 0 Å². The van der Waals surface area contributed by atoms with Crippen LogP contribution < -0.4 is 4.90 Å². The van der Waals surface area contributed by atoms with E-state index in [9.17, 15) is 14.4 Å². The number of halogens is 1. The molecule has 4 nitrogen and oxygen atoms in total. The van der Waals surface area contributed by atoms with E-state index in [2.05, 4.69) is 40.2 Å². The normalized spacial score (nSPS) is 36.5. The van der Waals surface area contributed by atoms with Crippen molar-refractivity contribution in [2.24, 2.45) is 29.6 Å². The SMILES string of the molecule is O=C1CC2=C(S1)[C@H](c1ccccc1)[C@H]1[C@H]3C[C@@H]([C@H]1S2)[C@H]1C(=O)N(c2ccc(Br)cc2)C(=O)[C@@H]31. The Hall–Kier alpha value is -1.83. The number of nitrogens with zero attached hydrogens (tertiary/aromatic N) is 1. The fraction of sp³-hybridized carbons (Fsp3) is 0.346. The molecular weight excluding hydrogens is 518 g/mol. The fourth-order valence-corrected chi connectivity index (χ4v) is 10.5. The number of carbonyl (C=O) groups excluding carboxylic acids is 3. The van der Waals surface area contributed by atoms with Gasteiger partial charge in [0.05, 0.1) is 17.5 Å². The van der Waals surface area contributed by atoms with Gasteiger partial charge in [0.1, 0.15) is 0 Å². The Kier molecular flexibility index (Phi) is 4.56. The zero-order valence-corrected chi connectivity index (χ0v) is 20.7. The topological polar surface area (TPSA) is 54.5 Å². The molecule has 33 heavy (non-hydrogen) atoms. The molecule has 3 fully saturated rings. The molecule has 2 aromatic carbocycles. The summed E-state index contributed by atoms with van der Waals surface area (Å²) >= 11 is 6.68. The van der Waals surface area contributed by atoms with Crippen molar-refractivity contribution in [3.8, 4) is 0 Å². The number of hydrogen-bond donors (Lipinski definition) is 0. The van der Waals surface area contributed by atoms with Gasteiger partial charge in [-0.25, -0.2) is 0 Å². The van der Waals surface area contributed by atoms with E-state index < -0.39 is 0 Å². The van der Waals surface area contributed by atoms with Crippen LogP contribution in [-0.4, -0.2) is 22.2 Å². The average Bonchev–Trinajstić information content (AvgIpc) is 3.54. The highest BCUT2D eigenvalue weighted by atomic mass is 79.9. The Balaban J connectivity index is 1.30. The molecule has 3 heterocycles. The Morgan fingerprint density at radius 2 is 1.58 bits per heavy atom. The van der Waals surface area contributed by atoms with Gasteiger partial charge in [-0.15, -0.1) is 11.8 Å². The third-order valence-electron chi connectivity index (χ3n) is 8.15. The number of thioether (sulfide) groups is 2. The first-order valence-corrected chi connectivity index (χ1v) is 13.8. The average molecular weight is 538 g/mol. The number of amides is 2. The molecule has 0 aromatic heterocycles. The molecule has 0 N–H and O–H groups in total. The third-order valence-corrected chi connectivity index (χ3v) is 11.5. The number of fused-ring (bicyclic) bond motifs is 8. The van der Waals surface area contributed by atoms with Crippen LogP contribution in [0, 0.1) is 29.6 Å². The smallest absolute Gasteiger partial charge is 0.238 e. The van der Waals surface area contributed by atoms with Gasteiger partial charge in [-0.2, -0.15) is 0 Å². The van der Waals surface area contributed by atoms with Crippen LogP contribution in [0.1, 0.15) is 24.3 Å². The summed E-state index contributed by atoms with van der Waals surface area (Å²) in [6.07, 6.45) is 1.44. The van der Waals surface area contributed by atoms with Crippen LogP contribution in [0.3, 0.4) is 0 Å². The summed E-state index contributed by atoms with van der Waals surface area (Å²) < 4.78 is 0.923. The second-order valence-electron chi connectivity index (χ2n) is 9.59. The lowest BCUT2D eigenvalue weighted by Gasteiger charge is -2.44. The molecule has 1 saturated heterocycles. The fourth-order valence-electron chi connectivity index (χ4n) is 7.08. The van der Waals surface area contributed by atoms with Crippen LogP contribution in [0.2, 0.25) is 0 Å². The maximum Gasteiger partial charge on any atom is 0.238 e. The summed E-state index contributed by atoms with van der Waals surface area (Å²) in [6, 6.07) is 17.9. The molecule has 2 bridgehead atoms. The first-order chi connectivity index (χ1) is 16.0. The minimum absolute atomic E-state index is 0.0354. The minimum atomic E-state index is -0.247. The zero-order valence-electron chi connectivity index (χ0n) is 17.5. The van der Waals surface area contributed by atoms with Gasteiger partial charge in [-0.05, 0) is 54.0 Å². The summed E-state index contributed by atoms with van der Waals surface area (Å²) in [4.78, 5) is 43.5. The van der Waals surface area contributed by atoms with Gasteiger partial charge in [0.25, 0.3) is 0 Å². The Morgan fingerprint density at radius 3 is 2.30 bits per heavy atom. The molecule has 5 aliphatic rings. The first kappa shape index (κ1) is 20.5. The molecule has 0 radical (unpaired) electrons. The number of imide groups is 1. The Morgan fingerprint density at radius 1 is 0.879 bits per heavy atom. The van der Waals surface area contributed by atoms with Gasteiger partial charge in [-0.3, -0.25) is 19.3 Å². The van der Waals surface area contributed by atoms with Gasteiger partial charge in [0.15, 0.2) is 5.12 Å². The van der Waals surface area contributed by atoms with E-state index in [4.69, 9.17) is 0 Å². The second kappa shape index (κ2) is 7.33. The van der Waals surface area contributed by atoms with E-state index in [0.29, 0.717) is 12.1 Å². The van der Waals surface area contributed by atoms with Crippen molar-refractivity contribution in [3.05, 3.63) is 74.4 Å². The van der Waals surface area contributed by atoms with Crippen LogP contribution >= 0.6 is 39.5 Å². The van der Waals surface area contributed by atoms with Gasteiger partial charge in [0, 0.05) is 31.9 Å². The molecule has 2 aromatic rings. The molecule has 0 unspecified atom stereocenters. The van der Waals surface area contributed by atoms with Crippen molar-refractivity contribution in [2.45, 2.75) is 24.0 Å². The number of carbonyl (C=O) groups is 3.